The van der Waals surface area contributed by atoms with Crippen LogP contribution in [-0.2, 0) is 22.4 Å². The number of aliphatic carboxylic acids is 1. The van der Waals surface area contributed by atoms with Gasteiger partial charge in [-0.05, 0) is 75.4 Å². The molecule has 0 aliphatic carbocycles. The molecular formula is C27H34N4O6. The average molecular weight is 511 g/mol. The SMILES string of the molecule is CC(C)(C)NC(=O)CC[C@H](NC(=O)c1ccc(CCc2ccc3c(c2)C(O)N=C(CO)N3)cc1)C(=O)O. The predicted molar refractivity (Wildman–Crippen MR) is 139 cm³/mol. The first kappa shape index (κ1) is 27.8. The molecule has 1 heterocycles. The van der Waals surface area contributed by atoms with Crippen LogP contribution in [-0.4, -0.2) is 57.1 Å². The van der Waals surface area contributed by atoms with Gasteiger partial charge < -0.3 is 31.3 Å². The fourth-order valence-corrected chi connectivity index (χ4v) is 3.95. The molecule has 0 saturated heterocycles. The molecule has 0 aromatic heterocycles. The van der Waals surface area contributed by atoms with E-state index in [1.54, 1.807) is 12.1 Å². The van der Waals surface area contributed by atoms with Gasteiger partial charge in [-0.1, -0.05) is 18.2 Å². The molecule has 0 spiro atoms. The first-order chi connectivity index (χ1) is 17.4. The maximum absolute atomic E-state index is 12.6. The number of carboxylic acid groups (broad SMARTS) is 1. The third-order valence-electron chi connectivity index (χ3n) is 5.80. The van der Waals surface area contributed by atoms with Gasteiger partial charge in [-0.15, -0.1) is 0 Å². The average Bonchev–Trinajstić information content (AvgIpc) is 2.84. The number of aliphatic imine (C=N–C) groups is 1. The van der Waals surface area contributed by atoms with Crippen LogP contribution in [0.4, 0.5) is 5.69 Å². The molecule has 1 unspecified atom stereocenters. The van der Waals surface area contributed by atoms with E-state index in [2.05, 4.69) is 20.9 Å². The monoisotopic (exact) mass is 510 g/mol. The fraction of sp³-hybridized carbons (Fsp3) is 0.407. The predicted octanol–water partition coefficient (Wildman–Crippen LogP) is 2.16. The van der Waals surface area contributed by atoms with Crippen molar-refractivity contribution in [2.24, 2.45) is 4.99 Å². The highest BCUT2D eigenvalue weighted by atomic mass is 16.4. The smallest absolute Gasteiger partial charge is 0.326 e. The second-order valence-electron chi connectivity index (χ2n) is 10.1. The van der Waals surface area contributed by atoms with Crippen molar-refractivity contribution in [1.29, 1.82) is 0 Å². The molecule has 37 heavy (non-hydrogen) atoms. The molecule has 198 valence electrons. The highest BCUT2D eigenvalue weighted by molar-refractivity contribution is 5.98. The minimum absolute atomic E-state index is 0.0152. The standard InChI is InChI=1S/C27H34N4O6/c1-27(2,3)31-23(33)13-12-21(26(36)37)29-24(34)18-9-6-16(7-10-18)4-5-17-8-11-20-19(14-17)25(35)30-22(15-32)28-20/h6-11,14,21,25,32,35H,4-5,12-13,15H2,1-3H3,(H,28,30)(H,29,34)(H,31,33)(H,36,37)/t21-,25?/m0/s1. The van der Waals surface area contributed by atoms with E-state index in [0.29, 0.717) is 35.5 Å². The Morgan fingerprint density at radius 3 is 2.32 bits per heavy atom. The number of benzene rings is 2. The van der Waals surface area contributed by atoms with E-state index in [-0.39, 0.29) is 25.4 Å². The van der Waals surface area contributed by atoms with Gasteiger partial charge in [0.15, 0.2) is 6.23 Å². The number of amides is 2. The van der Waals surface area contributed by atoms with Crippen LogP contribution in [0.5, 0.6) is 0 Å². The zero-order valence-electron chi connectivity index (χ0n) is 21.2. The van der Waals surface area contributed by atoms with Crippen LogP contribution in [0.15, 0.2) is 47.5 Å². The summed E-state index contributed by atoms with van der Waals surface area (Å²) in [6, 6.07) is 11.4. The van der Waals surface area contributed by atoms with E-state index in [0.717, 1.165) is 11.1 Å². The molecular weight excluding hydrogens is 476 g/mol. The number of carbonyl (C=O) groups excluding carboxylic acids is 2. The van der Waals surface area contributed by atoms with Crippen molar-refractivity contribution in [2.75, 3.05) is 11.9 Å². The van der Waals surface area contributed by atoms with Gasteiger partial charge in [0, 0.05) is 28.8 Å². The molecule has 0 saturated carbocycles. The molecule has 10 nitrogen and oxygen atoms in total. The first-order valence-electron chi connectivity index (χ1n) is 12.1. The zero-order valence-corrected chi connectivity index (χ0v) is 21.2. The third-order valence-corrected chi connectivity index (χ3v) is 5.80. The zero-order chi connectivity index (χ0) is 27.2. The molecule has 10 heteroatoms. The van der Waals surface area contributed by atoms with Crippen molar-refractivity contribution in [2.45, 2.75) is 64.3 Å². The van der Waals surface area contributed by atoms with Crippen molar-refractivity contribution in [1.82, 2.24) is 10.6 Å². The summed E-state index contributed by atoms with van der Waals surface area (Å²) in [5.74, 6) is -1.67. The molecule has 2 atom stereocenters. The van der Waals surface area contributed by atoms with Gasteiger partial charge in [0.2, 0.25) is 5.91 Å². The minimum Gasteiger partial charge on any atom is -0.480 e. The van der Waals surface area contributed by atoms with Crippen LogP contribution >= 0.6 is 0 Å². The Bertz CT molecular complexity index is 1170. The number of nitrogens with one attached hydrogen (secondary N) is 3. The lowest BCUT2D eigenvalue weighted by molar-refractivity contribution is -0.139. The van der Waals surface area contributed by atoms with Crippen LogP contribution in [0.3, 0.4) is 0 Å². The quantitative estimate of drug-likeness (QED) is 0.285. The van der Waals surface area contributed by atoms with Crippen LogP contribution < -0.4 is 16.0 Å². The van der Waals surface area contributed by atoms with Crippen molar-refractivity contribution < 1.29 is 29.7 Å². The molecule has 2 aromatic carbocycles. The lowest BCUT2D eigenvalue weighted by Crippen LogP contribution is -2.44. The first-order valence-corrected chi connectivity index (χ1v) is 12.1. The van der Waals surface area contributed by atoms with Crippen LogP contribution in [0.1, 0.15) is 66.9 Å². The molecule has 2 amide bonds. The second-order valence-corrected chi connectivity index (χ2v) is 10.1. The van der Waals surface area contributed by atoms with Crippen LogP contribution in [0.2, 0.25) is 0 Å². The van der Waals surface area contributed by atoms with Crippen LogP contribution in [0, 0.1) is 0 Å². The summed E-state index contributed by atoms with van der Waals surface area (Å²) >= 11 is 0. The van der Waals surface area contributed by atoms with Crippen LogP contribution in [0.25, 0.3) is 0 Å². The number of aliphatic hydroxyl groups is 2. The van der Waals surface area contributed by atoms with Crippen molar-refractivity contribution >= 4 is 29.3 Å². The van der Waals surface area contributed by atoms with E-state index in [1.807, 2.05) is 51.1 Å². The maximum atomic E-state index is 12.6. The largest absolute Gasteiger partial charge is 0.480 e. The Kier molecular flexibility index (Phi) is 9.01. The summed E-state index contributed by atoms with van der Waals surface area (Å²) in [6.07, 6.45) is 0.325. The van der Waals surface area contributed by atoms with Crippen molar-refractivity contribution in [3.63, 3.8) is 0 Å². The Balaban J connectivity index is 1.54. The highest BCUT2D eigenvalue weighted by Crippen LogP contribution is 2.29. The van der Waals surface area contributed by atoms with Crippen molar-refractivity contribution in [3.8, 4) is 0 Å². The number of aryl methyl sites for hydroxylation is 2. The van der Waals surface area contributed by atoms with Crippen molar-refractivity contribution in [3.05, 3.63) is 64.7 Å². The Morgan fingerprint density at radius 1 is 1.05 bits per heavy atom. The topological polar surface area (TPSA) is 160 Å². The summed E-state index contributed by atoms with van der Waals surface area (Å²) in [5.41, 5.74) is 3.25. The number of nitrogens with zero attached hydrogens (tertiary/aromatic N) is 1. The Morgan fingerprint density at radius 2 is 1.70 bits per heavy atom. The summed E-state index contributed by atoms with van der Waals surface area (Å²) < 4.78 is 0. The Hall–Kier alpha value is -3.76. The van der Waals surface area contributed by atoms with Gasteiger partial charge >= 0.3 is 5.97 Å². The highest BCUT2D eigenvalue weighted by Gasteiger charge is 2.23. The van der Waals surface area contributed by atoms with E-state index >= 15 is 0 Å². The number of carboxylic acids is 1. The van der Waals surface area contributed by atoms with Gasteiger partial charge in [0.05, 0.1) is 0 Å². The second kappa shape index (κ2) is 12.0. The van der Waals surface area contributed by atoms with E-state index in [1.165, 1.54) is 0 Å². The molecule has 1 aliphatic rings. The lowest BCUT2D eigenvalue weighted by atomic mass is 9.99. The van der Waals surface area contributed by atoms with Gasteiger partial charge in [-0.25, -0.2) is 9.79 Å². The number of carbonyl (C=O) groups is 3. The fourth-order valence-electron chi connectivity index (χ4n) is 3.95. The lowest BCUT2D eigenvalue weighted by Gasteiger charge is -2.22. The summed E-state index contributed by atoms with van der Waals surface area (Å²) in [6.45, 7) is 5.23. The molecule has 0 radical (unpaired) electrons. The van der Waals surface area contributed by atoms with Gasteiger partial charge in [-0.3, -0.25) is 9.59 Å². The van der Waals surface area contributed by atoms with Gasteiger partial charge in [0.25, 0.3) is 5.91 Å². The summed E-state index contributed by atoms with van der Waals surface area (Å²) in [4.78, 5) is 40.2. The third kappa shape index (κ3) is 8.12. The van der Waals surface area contributed by atoms with E-state index in [4.69, 9.17) is 0 Å². The van der Waals surface area contributed by atoms with E-state index in [9.17, 15) is 29.7 Å². The molecule has 0 bridgehead atoms. The van der Waals surface area contributed by atoms with Gasteiger partial charge in [0.1, 0.15) is 18.5 Å². The Labute approximate surface area is 215 Å². The molecule has 2 aromatic rings. The normalized spacial score (nSPS) is 15.6. The summed E-state index contributed by atoms with van der Waals surface area (Å²) in [5, 5.41) is 37.2. The molecule has 0 fully saturated rings. The molecule has 6 N–H and O–H groups in total. The number of amidine groups is 1. The number of anilines is 1. The molecule has 1 aliphatic heterocycles. The number of hydrogen-bond acceptors (Lipinski definition) is 7. The minimum atomic E-state index is -1.20. The van der Waals surface area contributed by atoms with Gasteiger partial charge in [-0.2, -0.15) is 0 Å². The number of hydrogen-bond donors (Lipinski definition) is 6. The number of rotatable bonds is 10. The number of fused-ring (bicyclic) bond motifs is 1. The van der Waals surface area contributed by atoms with E-state index < -0.39 is 29.7 Å². The summed E-state index contributed by atoms with van der Waals surface area (Å²) in [7, 11) is 0. The molecule has 3 rings (SSSR count). The maximum Gasteiger partial charge on any atom is 0.326 e. The number of aliphatic hydroxyl groups excluding tert-OH is 2.